The molecule has 1 amide bonds. The van der Waals surface area contributed by atoms with Crippen LogP contribution in [0.1, 0.15) is 40.0 Å². The van der Waals surface area contributed by atoms with Gasteiger partial charge in [-0.15, -0.1) is 0 Å². The van der Waals surface area contributed by atoms with Crippen LogP contribution in [0.4, 0.5) is 0 Å². The first-order valence-electron chi connectivity index (χ1n) is 6.74. The lowest BCUT2D eigenvalue weighted by atomic mass is 10.0. The third-order valence-electron chi connectivity index (χ3n) is 3.24. The Morgan fingerprint density at radius 2 is 1.94 bits per heavy atom. The molecule has 0 aromatic carbocycles. The monoisotopic (exact) mass is 241 g/mol. The van der Waals surface area contributed by atoms with Crippen molar-refractivity contribution in [3.05, 3.63) is 0 Å². The number of nitrogens with one attached hydrogen (secondary N) is 1. The van der Waals surface area contributed by atoms with E-state index in [1.807, 2.05) is 6.92 Å². The Morgan fingerprint density at radius 1 is 1.35 bits per heavy atom. The van der Waals surface area contributed by atoms with Gasteiger partial charge in [0.25, 0.3) is 0 Å². The van der Waals surface area contributed by atoms with Crippen LogP contribution in [0.15, 0.2) is 0 Å². The summed E-state index contributed by atoms with van der Waals surface area (Å²) in [4.78, 5) is 13.3. The van der Waals surface area contributed by atoms with E-state index < -0.39 is 0 Å². The summed E-state index contributed by atoms with van der Waals surface area (Å²) in [7, 11) is 0. The van der Waals surface area contributed by atoms with E-state index in [2.05, 4.69) is 24.1 Å². The van der Waals surface area contributed by atoms with E-state index in [-0.39, 0.29) is 11.9 Å². The molecule has 17 heavy (non-hydrogen) atoms. The van der Waals surface area contributed by atoms with Crippen molar-refractivity contribution in [3.8, 4) is 0 Å². The second-order valence-electron chi connectivity index (χ2n) is 5.71. The summed E-state index contributed by atoms with van der Waals surface area (Å²) >= 11 is 0. The maximum absolute atomic E-state index is 10.8. The van der Waals surface area contributed by atoms with Gasteiger partial charge >= 0.3 is 0 Å². The Kier molecular flexibility index (Phi) is 5.92. The second-order valence-corrected chi connectivity index (χ2v) is 5.71. The van der Waals surface area contributed by atoms with Crippen molar-refractivity contribution >= 4 is 5.91 Å². The fourth-order valence-electron chi connectivity index (χ4n) is 2.56. The first-order valence-corrected chi connectivity index (χ1v) is 6.74. The summed E-state index contributed by atoms with van der Waals surface area (Å²) in [6, 6.07) is 0.752. The molecule has 1 rings (SSSR count). The molecule has 100 valence electrons. The third-order valence-corrected chi connectivity index (χ3v) is 3.24. The van der Waals surface area contributed by atoms with Crippen LogP contribution < -0.4 is 11.1 Å². The van der Waals surface area contributed by atoms with Gasteiger partial charge in [-0.2, -0.15) is 0 Å². The Labute approximate surface area is 105 Å². The minimum Gasteiger partial charge on any atom is -0.370 e. The van der Waals surface area contributed by atoms with Gasteiger partial charge < -0.3 is 16.0 Å². The summed E-state index contributed by atoms with van der Waals surface area (Å²) in [6.45, 7) is 10.1. The maximum atomic E-state index is 10.8. The lowest BCUT2D eigenvalue weighted by Gasteiger charge is -2.34. The van der Waals surface area contributed by atoms with Crippen molar-refractivity contribution in [2.24, 2.45) is 11.7 Å². The molecule has 0 spiro atoms. The predicted molar refractivity (Wildman–Crippen MR) is 70.7 cm³/mol. The number of nitrogens with zero attached hydrogens (tertiary/aromatic N) is 1. The zero-order chi connectivity index (χ0) is 12.8. The van der Waals surface area contributed by atoms with E-state index in [4.69, 9.17) is 5.73 Å². The predicted octanol–water partition coefficient (Wildman–Crippen LogP) is 0.960. The van der Waals surface area contributed by atoms with Crippen LogP contribution in [0.2, 0.25) is 0 Å². The van der Waals surface area contributed by atoms with Gasteiger partial charge in [-0.1, -0.05) is 13.8 Å². The molecular weight excluding hydrogens is 214 g/mol. The van der Waals surface area contributed by atoms with Gasteiger partial charge in [0, 0.05) is 25.0 Å². The quantitative estimate of drug-likeness (QED) is 0.728. The number of piperidine rings is 1. The summed E-state index contributed by atoms with van der Waals surface area (Å²) in [5.74, 6) is 0.524. The van der Waals surface area contributed by atoms with Gasteiger partial charge in [-0.3, -0.25) is 4.79 Å². The van der Waals surface area contributed by atoms with Gasteiger partial charge in [0.1, 0.15) is 0 Å². The number of nitrogens with two attached hydrogens (primary N) is 1. The average molecular weight is 241 g/mol. The standard InChI is InChI=1S/C13H27N3O/c1-10(2)9-16-6-4-12(5-7-16)15-11(3)8-13(14)17/h10-12,15H,4-9H2,1-3H3,(H2,14,17). The van der Waals surface area contributed by atoms with Crippen LogP contribution in [0.3, 0.4) is 0 Å². The van der Waals surface area contributed by atoms with Crippen LogP contribution in [0.25, 0.3) is 0 Å². The molecule has 3 N–H and O–H groups in total. The number of likely N-dealkylation sites (tertiary alicyclic amines) is 1. The van der Waals surface area contributed by atoms with Crippen molar-refractivity contribution in [3.63, 3.8) is 0 Å². The van der Waals surface area contributed by atoms with Gasteiger partial charge in [0.2, 0.25) is 5.91 Å². The zero-order valence-electron chi connectivity index (χ0n) is 11.4. The largest absolute Gasteiger partial charge is 0.370 e. The van der Waals surface area contributed by atoms with Gasteiger partial charge in [0.15, 0.2) is 0 Å². The SMILES string of the molecule is CC(C)CN1CCC(NC(C)CC(N)=O)CC1. The number of carbonyl (C=O) groups excluding carboxylic acids is 1. The number of hydrogen-bond acceptors (Lipinski definition) is 3. The molecule has 0 aliphatic carbocycles. The Hall–Kier alpha value is -0.610. The topological polar surface area (TPSA) is 58.4 Å². The molecule has 0 aromatic rings. The average Bonchev–Trinajstić information content (AvgIpc) is 2.18. The fourth-order valence-corrected chi connectivity index (χ4v) is 2.56. The first kappa shape index (κ1) is 14.5. The van der Waals surface area contributed by atoms with Crippen LogP contribution >= 0.6 is 0 Å². The number of carbonyl (C=O) groups is 1. The first-order chi connectivity index (χ1) is 7.97. The lowest BCUT2D eigenvalue weighted by molar-refractivity contribution is -0.118. The van der Waals surface area contributed by atoms with Crippen LogP contribution in [0, 0.1) is 5.92 Å². The Balaban J connectivity index is 2.20. The van der Waals surface area contributed by atoms with Crippen LogP contribution in [-0.2, 0) is 4.79 Å². The summed E-state index contributed by atoms with van der Waals surface area (Å²) < 4.78 is 0. The number of rotatable bonds is 6. The maximum Gasteiger partial charge on any atom is 0.218 e. The molecule has 4 nitrogen and oxygen atoms in total. The van der Waals surface area contributed by atoms with E-state index in [1.165, 1.54) is 32.5 Å². The molecule has 0 aromatic heterocycles. The van der Waals surface area contributed by atoms with Gasteiger partial charge in [0.05, 0.1) is 0 Å². The second kappa shape index (κ2) is 6.97. The Morgan fingerprint density at radius 3 is 2.41 bits per heavy atom. The highest BCUT2D eigenvalue weighted by Crippen LogP contribution is 2.13. The minimum atomic E-state index is -0.220. The fraction of sp³-hybridized carbons (Fsp3) is 0.923. The summed E-state index contributed by atoms with van der Waals surface area (Å²) in [5, 5.41) is 3.50. The van der Waals surface area contributed by atoms with Crippen LogP contribution in [-0.4, -0.2) is 42.5 Å². The zero-order valence-corrected chi connectivity index (χ0v) is 11.4. The smallest absolute Gasteiger partial charge is 0.218 e. The molecule has 4 heteroatoms. The molecule has 1 atom stereocenters. The molecule has 1 aliphatic heterocycles. The minimum absolute atomic E-state index is 0.203. The van der Waals surface area contributed by atoms with E-state index in [0.29, 0.717) is 12.5 Å². The number of primary amides is 1. The third kappa shape index (κ3) is 6.03. The normalized spacial score (nSPS) is 20.7. The van der Waals surface area contributed by atoms with Crippen molar-refractivity contribution in [1.29, 1.82) is 0 Å². The van der Waals surface area contributed by atoms with E-state index in [9.17, 15) is 4.79 Å². The number of hydrogen-bond donors (Lipinski definition) is 2. The van der Waals surface area contributed by atoms with E-state index in [0.717, 1.165) is 5.92 Å². The van der Waals surface area contributed by atoms with Crippen molar-refractivity contribution in [2.75, 3.05) is 19.6 Å². The summed E-state index contributed by atoms with van der Waals surface area (Å²) in [6.07, 6.45) is 2.79. The Bertz CT molecular complexity index is 235. The molecule has 0 bridgehead atoms. The van der Waals surface area contributed by atoms with Gasteiger partial charge in [-0.25, -0.2) is 0 Å². The molecule has 1 fully saturated rings. The lowest BCUT2D eigenvalue weighted by Crippen LogP contribution is -2.46. The highest BCUT2D eigenvalue weighted by molar-refractivity contribution is 5.74. The molecule has 1 unspecified atom stereocenters. The molecule has 0 radical (unpaired) electrons. The van der Waals surface area contributed by atoms with Gasteiger partial charge in [-0.05, 0) is 38.8 Å². The van der Waals surface area contributed by atoms with Crippen molar-refractivity contribution in [1.82, 2.24) is 10.2 Å². The molecular formula is C13H27N3O. The number of amides is 1. The van der Waals surface area contributed by atoms with E-state index >= 15 is 0 Å². The highest BCUT2D eigenvalue weighted by Gasteiger charge is 2.20. The molecule has 0 saturated carbocycles. The molecule has 1 aliphatic rings. The van der Waals surface area contributed by atoms with Crippen LogP contribution in [0.5, 0.6) is 0 Å². The molecule has 1 heterocycles. The highest BCUT2D eigenvalue weighted by atomic mass is 16.1. The van der Waals surface area contributed by atoms with E-state index in [1.54, 1.807) is 0 Å². The summed E-state index contributed by atoms with van der Waals surface area (Å²) in [5.41, 5.74) is 5.19. The van der Waals surface area contributed by atoms with Crippen molar-refractivity contribution < 1.29 is 4.79 Å². The van der Waals surface area contributed by atoms with Crippen molar-refractivity contribution in [2.45, 2.75) is 52.1 Å². The molecule has 1 saturated heterocycles.